The number of rotatable bonds is 6. The third-order valence-corrected chi connectivity index (χ3v) is 6.09. The van der Waals surface area contributed by atoms with Crippen molar-refractivity contribution in [3.8, 4) is 0 Å². The molecule has 0 amide bonds. The average Bonchev–Trinajstić information content (AvgIpc) is 2.58. The Labute approximate surface area is 169 Å². The van der Waals surface area contributed by atoms with Gasteiger partial charge in [-0.15, -0.1) is 0 Å². The van der Waals surface area contributed by atoms with Gasteiger partial charge in [-0.05, 0) is 68.0 Å². The van der Waals surface area contributed by atoms with E-state index in [-0.39, 0.29) is 0 Å². The van der Waals surface area contributed by atoms with Crippen LogP contribution in [0.3, 0.4) is 0 Å². The molecule has 2 aromatic carbocycles. The largest absolute Gasteiger partial charge is 0.356 e. The van der Waals surface area contributed by atoms with E-state index in [4.69, 9.17) is 0 Å². The second-order valence-corrected chi connectivity index (χ2v) is 9.34. The highest BCUT2D eigenvalue weighted by Crippen LogP contribution is 2.17. The minimum absolute atomic E-state index is 0.377. The zero-order chi connectivity index (χ0) is 20.9. The Hall–Kier alpha value is -2.34. The lowest BCUT2D eigenvalue weighted by Crippen LogP contribution is -2.38. The molecule has 0 atom stereocenters. The summed E-state index contributed by atoms with van der Waals surface area (Å²) in [5, 5.41) is 6.64. The Morgan fingerprint density at radius 3 is 2.14 bits per heavy atom. The number of nitrogens with one attached hydrogen (secondary N) is 2. The number of nitrogens with zero attached hydrogens (tertiary/aromatic N) is 1. The van der Waals surface area contributed by atoms with E-state index in [1.807, 2.05) is 19.1 Å². The van der Waals surface area contributed by atoms with Crippen LogP contribution < -0.4 is 10.6 Å². The first kappa shape index (κ1) is 22.0. The van der Waals surface area contributed by atoms with Crippen molar-refractivity contribution in [2.75, 3.05) is 19.8 Å². The molecule has 28 heavy (non-hydrogen) atoms. The van der Waals surface area contributed by atoms with Crippen LogP contribution in [0.5, 0.6) is 0 Å². The molecule has 2 N–H and O–H groups in total. The standard InChI is InChI=1S/C22H31N3O2S/c1-15-11-16(2)20(17(3)12-15)9-10-24-22(23-5)25-14-19-7-8-21(18(4)13-19)28(6,26)27/h7-8,11-13H,9-10,14H2,1-6H3,(H2,23,24,25). The maximum atomic E-state index is 11.7. The number of sulfone groups is 1. The van der Waals surface area contributed by atoms with Crippen LogP contribution in [0, 0.1) is 27.7 Å². The number of guanidine groups is 1. The molecule has 0 aromatic heterocycles. The van der Waals surface area contributed by atoms with Gasteiger partial charge in [-0.25, -0.2) is 8.42 Å². The predicted octanol–water partition coefficient (Wildman–Crippen LogP) is 3.23. The summed E-state index contributed by atoms with van der Waals surface area (Å²) >= 11 is 0. The molecule has 0 aliphatic rings. The summed E-state index contributed by atoms with van der Waals surface area (Å²) in [6.45, 7) is 9.62. The van der Waals surface area contributed by atoms with Gasteiger partial charge in [0.2, 0.25) is 0 Å². The van der Waals surface area contributed by atoms with Crippen molar-refractivity contribution in [2.24, 2.45) is 4.99 Å². The minimum Gasteiger partial charge on any atom is -0.356 e. The van der Waals surface area contributed by atoms with Crippen molar-refractivity contribution in [3.05, 3.63) is 63.7 Å². The van der Waals surface area contributed by atoms with Crippen molar-refractivity contribution in [2.45, 2.75) is 45.6 Å². The van der Waals surface area contributed by atoms with E-state index in [2.05, 4.69) is 48.5 Å². The van der Waals surface area contributed by atoms with Crippen LogP contribution in [-0.2, 0) is 22.8 Å². The van der Waals surface area contributed by atoms with Gasteiger partial charge < -0.3 is 10.6 Å². The quantitative estimate of drug-likeness (QED) is 0.576. The van der Waals surface area contributed by atoms with Crippen LogP contribution in [0.25, 0.3) is 0 Å². The highest BCUT2D eigenvalue weighted by atomic mass is 32.2. The predicted molar refractivity (Wildman–Crippen MR) is 117 cm³/mol. The molecule has 0 radical (unpaired) electrons. The van der Waals surface area contributed by atoms with Gasteiger partial charge in [-0.2, -0.15) is 0 Å². The smallest absolute Gasteiger partial charge is 0.191 e. The first-order valence-corrected chi connectivity index (χ1v) is 11.3. The monoisotopic (exact) mass is 401 g/mol. The number of hydrogen-bond acceptors (Lipinski definition) is 3. The zero-order valence-electron chi connectivity index (χ0n) is 17.7. The van der Waals surface area contributed by atoms with Gasteiger partial charge in [0, 0.05) is 26.4 Å². The van der Waals surface area contributed by atoms with E-state index in [0.29, 0.717) is 11.4 Å². The Morgan fingerprint density at radius 1 is 0.964 bits per heavy atom. The third kappa shape index (κ3) is 5.83. The summed E-state index contributed by atoms with van der Waals surface area (Å²) < 4.78 is 23.5. The molecule has 0 aliphatic heterocycles. The molecule has 2 aromatic rings. The average molecular weight is 402 g/mol. The van der Waals surface area contributed by atoms with E-state index in [0.717, 1.165) is 30.1 Å². The summed E-state index contributed by atoms with van der Waals surface area (Å²) in [7, 11) is -1.45. The van der Waals surface area contributed by atoms with E-state index < -0.39 is 9.84 Å². The fourth-order valence-corrected chi connectivity index (χ4v) is 4.51. The molecule has 0 fully saturated rings. The lowest BCUT2D eigenvalue weighted by Gasteiger charge is -2.15. The maximum absolute atomic E-state index is 11.7. The summed E-state index contributed by atoms with van der Waals surface area (Å²) in [4.78, 5) is 4.65. The summed E-state index contributed by atoms with van der Waals surface area (Å²) in [5.74, 6) is 0.729. The molecule has 0 heterocycles. The second kappa shape index (κ2) is 9.24. The summed E-state index contributed by atoms with van der Waals surface area (Å²) in [5.41, 5.74) is 7.09. The van der Waals surface area contributed by atoms with Crippen LogP contribution in [0.4, 0.5) is 0 Å². The van der Waals surface area contributed by atoms with Crippen LogP contribution in [0.15, 0.2) is 40.2 Å². The minimum atomic E-state index is -3.19. The van der Waals surface area contributed by atoms with Gasteiger partial charge in [0.25, 0.3) is 0 Å². The fraction of sp³-hybridized carbons (Fsp3) is 0.409. The molecule has 152 valence electrons. The van der Waals surface area contributed by atoms with Crippen molar-refractivity contribution in [1.82, 2.24) is 10.6 Å². The maximum Gasteiger partial charge on any atom is 0.191 e. The first-order valence-electron chi connectivity index (χ1n) is 9.42. The molecular weight excluding hydrogens is 370 g/mol. The normalized spacial score (nSPS) is 12.1. The van der Waals surface area contributed by atoms with Crippen LogP contribution in [-0.4, -0.2) is 34.2 Å². The molecule has 0 saturated carbocycles. The number of aliphatic imine (C=N–C) groups is 1. The highest BCUT2D eigenvalue weighted by molar-refractivity contribution is 7.90. The molecule has 6 heteroatoms. The van der Waals surface area contributed by atoms with Crippen LogP contribution in [0.1, 0.15) is 33.4 Å². The SMILES string of the molecule is CN=C(NCCc1c(C)cc(C)cc1C)NCc1ccc(S(C)(=O)=O)c(C)c1. The van der Waals surface area contributed by atoms with Crippen LogP contribution >= 0.6 is 0 Å². The highest BCUT2D eigenvalue weighted by Gasteiger charge is 2.11. The van der Waals surface area contributed by atoms with Gasteiger partial charge in [-0.3, -0.25) is 4.99 Å². The molecule has 0 spiro atoms. The van der Waals surface area contributed by atoms with Crippen molar-refractivity contribution < 1.29 is 8.42 Å². The van der Waals surface area contributed by atoms with Gasteiger partial charge in [0.05, 0.1) is 4.90 Å². The number of hydrogen-bond donors (Lipinski definition) is 2. The number of aryl methyl sites for hydroxylation is 4. The lowest BCUT2D eigenvalue weighted by molar-refractivity contribution is 0.601. The third-order valence-electron chi connectivity index (χ3n) is 4.83. The molecule has 0 bridgehead atoms. The first-order chi connectivity index (χ1) is 13.1. The van der Waals surface area contributed by atoms with Gasteiger partial charge in [0.1, 0.15) is 0 Å². The topological polar surface area (TPSA) is 70.6 Å². The summed E-state index contributed by atoms with van der Waals surface area (Å²) in [6.07, 6.45) is 2.16. The molecular formula is C22H31N3O2S. The van der Waals surface area contributed by atoms with Crippen molar-refractivity contribution in [1.29, 1.82) is 0 Å². The zero-order valence-corrected chi connectivity index (χ0v) is 18.5. The van der Waals surface area contributed by atoms with E-state index in [1.54, 1.807) is 13.1 Å². The number of benzene rings is 2. The second-order valence-electron chi connectivity index (χ2n) is 7.35. The Balaban J connectivity index is 1.93. The van der Waals surface area contributed by atoms with Crippen LogP contribution in [0.2, 0.25) is 0 Å². The molecule has 5 nitrogen and oxygen atoms in total. The van der Waals surface area contributed by atoms with Crippen molar-refractivity contribution >= 4 is 15.8 Å². The van der Waals surface area contributed by atoms with E-state index in [9.17, 15) is 8.42 Å². The van der Waals surface area contributed by atoms with Gasteiger partial charge in [0.15, 0.2) is 15.8 Å². The van der Waals surface area contributed by atoms with Gasteiger partial charge in [-0.1, -0.05) is 29.8 Å². The lowest BCUT2D eigenvalue weighted by atomic mass is 9.97. The molecule has 2 rings (SSSR count). The Morgan fingerprint density at radius 2 is 1.61 bits per heavy atom. The molecule has 0 unspecified atom stereocenters. The Bertz CT molecular complexity index is 956. The van der Waals surface area contributed by atoms with E-state index >= 15 is 0 Å². The summed E-state index contributed by atoms with van der Waals surface area (Å²) in [6, 6.07) is 9.84. The molecule has 0 aliphatic carbocycles. The molecule has 0 saturated heterocycles. The van der Waals surface area contributed by atoms with Gasteiger partial charge >= 0.3 is 0 Å². The fourth-order valence-electron chi connectivity index (χ4n) is 3.55. The Kier molecular flexibility index (Phi) is 7.24. The van der Waals surface area contributed by atoms with E-state index in [1.165, 1.54) is 28.5 Å². The van der Waals surface area contributed by atoms with Crippen molar-refractivity contribution in [3.63, 3.8) is 0 Å².